The van der Waals surface area contributed by atoms with Crippen LogP contribution in [0, 0.1) is 29.1 Å². The molecule has 1 aromatic rings. The minimum atomic E-state index is -0.901. The monoisotopic (exact) mass is 441 g/mol. The van der Waals surface area contributed by atoms with Crippen molar-refractivity contribution in [2.24, 2.45) is 29.1 Å². The van der Waals surface area contributed by atoms with Crippen LogP contribution in [0.5, 0.6) is 11.5 Å². The van der Waals surface area contributed by atoms with E-state index in [1.54, 1.807) is 7.11 Å². The van der Waals surface area contributed by atoms with E-state index in [9.17, 15) is 5.11 Å². The first-order valence-electron chi connectivity index (χ1n) is 12.5. The lowest BCUT2D eigenvalue weighted by Crippen LogP contribution is -2.73. The second-order valence-corrected chi connectivity index (χ2v) is 12.3. The normalized spacial score (nSPS) is 44.8. The van der Waals surface area contributed by atoms with Gasteiger partial charge in [0.1, 0.15) is 11.7 Å². The fraction of sp³-hybridized carbons (Fsp3) is 0.778. The van der Waals surface area contributed by atoms with E-state index in [1.165, 1.54) is 11.1 Å². The van der Waals surface area contributed by atoms with Crippen LogP contribution in [-0.2, 0) is 16.6 Å². The summed E-state index contributed by atoms with van der Waals surface area (Å²) >= 11 is 0. The topological polar surface area (TPSA) is 60.0 Å². The van der Waals surface area contributed by atoms with Gasteiger partial charge in [-0.15, -0.1) is 0 Å². The second-order valence-electron chi connectivity index (χ2n) is 12.3. The molecule has 2 heterocycles. The number of fused-ring (bicyclic) bond motifs is 1. The Bertz CT molecular complexity index is 961. The van der Waals surface area contributed by atoms with Crippen LogP contribution in [0.2, 0.25) is 0 Å². The SMILES string of the molecule is CCC1(OC)C2Oc3c(OC)ccc4c3C23C2CNC(C2C4)C3CC1C(C)(O)C(C)(C)C. The molecule has 5 nitrogen and oxygen atoms in total. The fourth-order valence-corrected chi connectivity index (χ4v) is 9.04. The average Bonchev–Trinajstić information content (AvgIpc) is 3.38. The summed E-state index contributed by atoms with van der Waals surface area (Å²) in [4.78, 5) is 0. The van der Waals surface area contributed by atoms with Crippen LogP contribution < -0.4 is 14.8 Å². The van der Waals surface area contributed by atoms with Gasteiger partial charge in [-0.2, -0.15) is 0 Å². The smallest absolute Gasteiger partial charge is 0.165 e. The molecule has 6 rings (SSSR count). The molecule has 0 radical (unpaired) electrons. The zero-order valence-corrected chi connectivity index (χ0v) is 20.6. The molecule has 9 unspecified atom stereocenters. The van der Waals surface area contributed by atoms with Gasteiger partial charge in [-0.25, -0.2) is 0 Å². The molecule has 3 fully saturated rings. The van der Waals surface area contributed by atoms with Gasteiger partial charge >= 0.3 is 0 Å². The van der Waals surface area contributed by atoms with Crippen molar-refractivity contribution in [2.45, 2.75) is 82.6 Å². The van der Waals surface area contributed by atoms with Crippen molar-refractivity contribution in [1.82, 2.24) is 5.32 Å². The fourth-order valence-electron chi connectivity index (χ4n) is 9.04. The summed E-state index contributed by atoms with van der Waals surface area (Å²) in [6.07, 6.45) is 2.75. The number of rotatable bonds is 4. The number of ether oxygens (including phenoxy) is 3. The minimum absolute atomic E-state index is 0.0308. The summed E-state index contributed by atoms with van der Waals surface area (Å²) < 4.78 is 19.4. The Labute approximate surface area is 192 Å². The molecule has 2 saturated carbocycles. The van der Waals surface area contributed by atoms with Gasteiger partial charge in [0.05, 0.1) is 12.7 Å². The molecule has 5 heteroatoms. The highest BCUT2D eigenvalue weighted by Gasteiger charge is 2.80. The van der Waals surface area contributed by atoms with Gasteiger partial charge in [-0.3, -0.25) is 0 Å². The van der Waals surface area contributed by atoms with Gasteiger partial charge in [0.25, 0.3) is 0 Å². The standard InChI is InChI=1S/C27H39NO4/c1-8-26(31-7)19(25(5,29)24(2,3)4)12-16-21-15-11-14-9-10-18(30-6)22-20(14)27(16,23(26)32-22)17(15)13-28-21/h9-10,15-17,19,21,23,28-29H,8,11-13H2,1-7H3. The van der Waals surface area contributed by atoms with Gasteiger partial charge in [-0.1, -0.05) is 33.8 Å². The predicted octanol–water partition coefficient (Wildman–Crippen LogP) is 3.70. The highest BCUT2D eigenvalue weighted by molar-refractivity contribution is 5.63. The van der Waals surface area contributed by atoms with Crippen LogP contribution >= 0.6 is 0 Å². The lowest BCUT2D eigenvalue weighted by molar-refractivity contribution is -0.249. The maximum Gasteiger partial charge on any atom is 0.165 e. The molecule has 2 N–H and O–H groups in total. The summed E-state index contributed by atoms with van der Waals surface area (Å²) in [6.45, 7) is 11.7. The van der Waals surface area contributed by atoms with Crippen LogP contribution in [0.1, 0.15) is 58.6 Å². The van der Waals surface area contributed by atoms with Crippen LogP contribution in [0.4, 0.5) is 0 Å². The Balaban J connectivity index is 1.63. The zero-order valence-electron chi connectivity index (χ0n) is 20.6. The summed E-state index contributed by atoms with van der Waals surface area (Å²) in [5.41, 5.74) is 1.02. The first kappa shape index (κ1) is 21.2. The third kappa shape index (κ3) is 2.05. The van der Waals surface area contributed by atoms with Gasteiger partial charge < -0.3 is 24.6 Å². The summed E-state index contributed by atoms with van der Waals surface area (Å²) in [5, 5.41) is 16.0. The molecule has 176 valence electrons. The predicted molar refractivity (Wildman–Crippen MR) is 123 cm³/mol. The third-order valence-electron chi connectivity index (χ3n) is 10.9. The molecule has 0 aromatic heterocycles. The van der Waals surface area contributed by atoms with Crippen molar-refractivity contribution in [2.75, 3.05) is 20.8 Å². The number of nitrogens with one attached hydrogen (secondary N) is 1. The maximum absolute atomic E-state index is 12.1. The minimum Gasteiger partial charge on any atom is -0.493 e. The van der Waals surface area contributed by atoms with Crippen LogP contribution in [-0.4, -0.2) is 49.2 Å². The molecule has 3 aliphatic carbocycles. The van der Waals surface area contributed by atoms with E-state index in [0.29, 0.717) is 23.8 Å². The third-order valence-corrected chi connectivity index (χ3v) is 10.9. The number of piperidine rings is 1. The Morgan fingerprint density at radius 2 is 1.94 bits per heavy atom. The number of methoxy groups -OCH3 is 2. The van der Waals surface area contributed by atoms with Crippen LogP contribution in [0.15, 0.2) is 12.1 Å². The average molecular weight is 442 g/mol. The first-order valence-corrected chi connectivity index (χ1v) is 12.5. The van der Waals surface area contributed by atoms with Gasteiger partial charge in [0.2, 0.25) is 0 Å². The molecule has 1 saturated heterocycles. The van der Waals surface area contributed by atoms with E-state index in [0.717, 1.165) is 37.3 Å². The highest BCUT2D eigenvalue weighted by atomic mass is 16.6. The molecule has 0 amide bonds. The lowest BCUT2D eigenvalue weighted by Gasteiger charge is -2.63. The molecule has 2 aliphatic heterocycles. The number of benzene rings is 1. The summed E-state index contributed by atoms with van der Waals surface area (Å²) in [7, 11) is 3.58. The Morgan fingerprint density at radius 3 is 2.56 bits per heavy atom. The molecule has 32 heavy (non-hydrogen) atoms. The molecule has 9 atom stereocenters. The van der Waals surface area contributed by atoms with E-state index >= 15 is 0 Å². The highest BCUT2D eigenvalue weighted by Crippen LogP contribution is 2.74. The lowest BCUT2D eigenvalue weighted by atomic mass is 9.46. The summed E-state index contributed by atoms with van der Waals surface area (Å²) in [6, 6.07) is 4.83. The van der Waals surface area contributed by atoms with Crippen molar-refractivity contribution in [3.05, 3.63) is 23.3 Å². The number of hydrogen-bond acceptors (Lipinski definition) is 5. The van der Waals surface area contributed by atoms with E-state index < -0.39 is 11.2 Å². The van der Waals surface area contributed by atoms with E-state index in [4.69, 9.17) is 14.2 Å². The molecule has 5 aliphatic rings. The molecule has 1 aromatic carbocycles. The summed E-state index contributed by atoms with van der Waals surface area (Å²) in [5.74, 6) is 3.35. The van der Waals surface area contributed by atoms with Crippen molar-refractivity contribution in [1.29, 1.82) is 0 Å². The quantitative estimate of drug-likeness (QED) is 0.746. The first-order chi connectivity index (χ1) is 15.1. The van der Waals surface area contributed by atoms with Gasteiger partial charge in [-0.05, 0) is 67.5 Å². The van der Waals surface area contributed by atoms with E-state index in [2.05, 4.69) is 45.1 Å². The number of hydrogen-bond donors (Lipinski definition) is 2. The van der Waals surface area contributed by atoms with Crippen molar-refractivity contribution < 1.29 is 19.3 Å². The Kier molecular flexibility index (Phi) is 4.13. The van der Waals surface area contributed by atoms with Gasteiger partial charge in [0.15, 0.2) is 11.5 Å². The maximum atomic E-state index is 12.1. The van der Waals surface area contributed by atoms with Gasteiger partial charge in [0, 0.05) is 30.0 Å². The van der Waals surface area contributed by atoms with Crippen LogP contribution in [0.3, 0.4) is 0 Å². The molecule has 1 spiro atoms. The van der Waals surface area contributed by atoms with E-state index in [-0.39, 0.29) is 22.9 Å². The van der Waals surface area contributed by atoms with Crippen molar-refractivity contribution in [3.63, 3.8) is 0 Å². The van der Waals surface area contributed by atoms with Crippen molar-refractivity contribution >= 4 is 0 Å². The Morgan fingerprint density at radius 1 is 1.19 bits per heavy atom. The Hall–Kier alpha value is -1.30. The second kappa shape index (κ2) is 6.22. The molecular weight excluding hydrogens is 402 g/mol. The zero-order chi connectivity index (χ0) is 22.8. The van der Waals surface area contributed by atoms with E-state index in [1.807, 2.05) is 14.0 Å². The molecule has 4 bridgehead atoms. The largest absolute Gasteiger partial charge is 0.493 e. The van der Waals surface area contributed by atoms with Crippen molar-refractivity contribution in [3.8, 4) is 11.5 Å². The molecular formula is C27H39NO4. The number of aliphatic hydroxyl groups is 1. The van der Waals surface area contributed by atoms with Crippen LogP contribution in [0.25, 0.3) is 0 Å².